The molecule has 2 heteroatoms. The molecule has 1 heterocycles. The van der Waals surface area contributed by atoms with Gasteiger partial charge in [-0.25, -0.2) is 0 Å². The Kier molecular flexibility index (Phi) is 3.16. The van der Waals surface area contributed by atoms with Crippen LogP contribution in [0.15, 0.2) is 24.3 Å². The van der Waals surface area contributed by atoms with Gasteiger partial charge >= 0.3 is 0 Å². The minimum atomic E-state index is -0.0484. The number of rotatable bonds is 2. The highest BCUT2D eigenvalue weighted by Gasteiger charge is 2.30. The smallest absolute Gasteiger partial charge is 0.0409 e. The Bertz CT molecular complexity index is 398. The fourth-order valence-electron chi connectivity index (χ4n) is 3.47. The summed E-state index contributed by atoms with van der Waals surface area (Å²) >= 11 is 0. The molecule has 0 unspecified atom stereocenters. The summed E-state index contributed by atoms with van der Waals surface area (Å²) in [6.45, 7) is 2.40. The summed E-state index contributed by atoms with van der Waals surface area (Å²) in [5, 5.41) is 0. The van der Waals surface area contributed by atoms with Crippen molar-refractivity contribution in [2.75, 3.05) is 20.1 Å². The lowest BCUT2D eigenvalue weighted by Crippen LogP contribution is -2.42. The molecule has 0 radical (unpaired) electrons. The third kappa shape index (κ3) is 2.19. The van der Waals surface area contributed by atoms with Gasteiger partial charge in [0.1, 0.15) is 0 Å². The molecule has 18 heavy (non-hydrogen) atoms. The number of benzene rings is 1. The van der Waals surface area contributed by atoms with Crippen molar-refractivity contribution in [3.63, 3.8) is 0 Å². The van der Waals surface area contributed by atoms with Crippen LogP contribution in [0.25, 0.3) is 0 Å². The summed E-state index contributed by atoms with van der Waals surface area (Å²) < 4.78 is 0. The van der Waals surface area contributed by atoms with Crippen LogP contribution in [0.5, 0.6) is 0 Å². The second-order valence-electron chi connectivity index (χ2n) is 6.26. The van der Waals surface area contributed by atoms with Gasteiger partial charge in [0, 0.05) is 24.5 Å². The van der Waals surface area contributed by atoms with E-state index in [1.54, 1.807) is 0 Å². The highest BCUT2D eigenvalue weighted by atomic mass is 15.2. The second kappa shape index (κ2) is 4.67. The van der Waals surface area contributed by atoms with Gasteiger partial charge in [-0.1, -0.05) is 43.5 Å². The molecule has 1 aromatic rings. The Morgan fingerprint density at radius 3 is 2.22 bits per heavy atom. The van der Waals surface area contributed by atoms with Gasteiger partial charge in [0.25, 0.3) is 0 Å². The van der Waals surface area contributed by atoms with Gasteiger partial charge in [-0.2, -0.15) is 0 Å². The van der Waals surface area contributed by atoms with Crippen LogP contribution in [0.4, 0.5) is 0 Å². The molecule has 0 aromatic heterocycles. The Balaban J connectivity index is 1.74. The molecule has 0 spiro atoms. The van der Waals surface area contributed by atoms with Gasteiger partial charge in [0.15, 0.2) is 0 Å². The van der Waals surface area contributed by atoms with E-state index in [4.69, 9.17) is 5.73 Å². The van der Waals surface area contributed by atoms with E-state index in [2.05, 4.69) is 36.2 Å². The van der Waals surface area contributed by atoms with E-state index in [0.717, 1.165) is 18.8 Å². The Morgan fingerprint density at radius 1 is 1.06 bits per heavy atom. The van der Waals surface area contributed by atoms with Crippen LogP contribution >= 0.6 is 0 Å². The largest absolute Gasteiger partial charge is 0.321 e. The van der Waals surface area contributed by atoms with E-state index < -0.39 is 0 Å². The second-order valence-corrected chi connectivity index (χ2v) is 6.26. The van der Waals surface area contributed by atoms with E-state index >= 15 is 0 Å². The van der Waals surface area contributed by atoms with Crippen molar-refractivity contribution >= 4 is 0 Å². The summed E-state index contributed by atoms with van der Waals surface area (Å²) in [4.78, 5) is 2.37. The van der Waals surface area contributed by atoms with Gasteiger partial charge in [-0.05, 0) is 31.0 Å². The molecule has 0 bridgehead atoms. The van der Waals surface area contributed by atoms with Crippen molar-refractivity contribution in [2.45, 2.75) is 43.6 Å². The third-order valence-corrected chi connectivity index (χ3v) is 4.77. The summed E-state index contributed by atoms with van der Waals surface area (Å²) in [5.41, 5.74) is 9.35. The first-order valence-electron chi connectivity index (χ1n) is 7.25. The van der Waals surface area contributed by atoms with Crippen molar-refractivity contribution in [2.24, 2.45) is 5.73 Å². The highest BCUT2D eigenvalue weighted by Crippen LogP contribution is 2.35. The van der Waals surface area contributed by atoms with E-state index in [-0.39, 0.29) is 5.54 Å². The molecule has 2 aliphatic rings. The number of likely N-dealkylation sites (N-methyl/N-ethyl adjacent to an activating group) is 1. The maximum atomic E-state index is 6.57. The van der Waals surface area contributed by atoms with Gasteiger partial charge in [0.2, 0.25) is 0 Å². The zero-order valence-electron chi connectivity index (χ0n) is 11.4. The van der Waals surface area contributed by atoms with Gasteiger partial charge in [-0.15, -0.1) is 0 Å². The zero-order chi connectivity index (χ0) is 12.6. The van der Waals surface area contributed by atoms with Crippen molar-refractivity contribution in [3.05, 3.63) is 35.4 Å². The number of nitrogens with two attached hydrogens (primary N) is 1. The Labute approximate surface area is 110 Å². The van der Waals surface area contributed by atoms with E-state index in [9.17, 15) is 0 Å². The van der Waals surface area contributed by atoms with Gasteiger partial charge < -0.3 is 10.6 Å². The average Bonchev–Trinajstić information content (AvgIpc) is 2.36. The van der Waals surface area contributed by atoms with E-state index in [1.807, 2.05) is 0 Å². The fraction of sp³-hybridized carbons (Fsp3) is 0.625. The standard InChI is InChI=1S/C16H24N2/c1-18-11-14(12-18)13-5-7-15(8-6-13)16(17)9-3-2-4-10-16/h5-8,14H,2-4,9-12,17H2,1H3. The maximum Gasteiger partial charge on any atom is 0.0409 e. The monoisotopic (exact) mass is 244 g/mol. The maximum absolute atomic E-state index is 6.57. The highest BCUT2D eigenvalue weighted by molar-refractivity contribution is 5.31. The molecule has 3 rings (SSSR count). The van der Waals surface area contributed by atoms with Crippen LogP contribution in [0, 0.1) is 0 Å². The van der Waals surface area contributed by atoms with Crippen LogP contribution < -0.4 is 5.73 Å². The van der Waals surface area contributed by atoms with Crippen LogP contribution in [0.2, 0.25) is 0 Å². The molecule has 0 amide bonds. The molecular weight excluding hydrogens is 220 g/mol. The molecule has 1 aromatic carbocycles. The number of hydrogen-bond acceptors (Lipinski definition) is 2. The van der Waals surface area contributed by atoms with Crippen LogP contribution in [-0.2, 0) is 5.54 Å². The lowest BCUT2D eigenvalue weighted by Gasteiger charge is -2.37. The van der Waals surface area contributed by atoms with Crippen molar-refractivity contribution in [1.82, 2.24) is 4.90 Å². The number of hydrogen-bond donors (Lipinski definition) is 1. The third-order valence-electron chi connectivity index (χ3n) is 4.77. The van der Waals surface area contributed by atoms with Crippen LogP contribution in [-0.4, -0.2) is 25.0 Å². The zero-order valence-corrected chi connectivity index (χ0v) is 11.4. The molecule has 1 saturated carbocycles. The van der Waals surface area contributed by atoms with E-state index in [0.29, 0.717) is 0 Å². The molecule has 2 fully saturated rings. The number of likely N-dealkylation sites (tertiary alicyclic amines) is 1. The molecular formula is C16H24N2. The summed E-state index contributed by atoms with van der Waals surface area (Å²) in [6, 6.07) is 9.16. The predicted molar refractivity (Wildman–Crippen MR) is 75.6 cm³/mol. The average molecular weight is 244 g/mol. The molecule has 2 nitrogen and oxygen atoms in total. The summed E-state index contributed by atoms with van der Waals surface area (Å²) in [5.74, 6) is 0.740. The fourth-order valence-corrected chi connectivity index (χ4v) is 3.47. The quantitative estimate of drug-likeness (QED) is 0.867. The van der Waals surface area contributed by atoms with Gasteiger partial charge in [-0.3, -0.25) is 0 Å². The minimum Gasteiger partial charge on any atom is -0.321 e. The summed E-state index contributed by atoms with van der Waals surface area (Å²) in [7, 11) is 2.18. The first-order chi connectivity index (χ1) is 8.67. The molecule has 1 aliphatic heterocycles. The van der Waals surface area contributed by atoms with Crippen molar-refractivity contribution < 1.29 is 0 Å². The molecule has 98 valence electrons. The predicted octanol–water partition coefficient (Wildman–Crippen LogP) is 2.83. The van der Waals surface area contributed by atoms with Crippen molar-refractivity contribution in [3.8, 4) is 0 Å². The first-order valence-corrected chi connectivity index (χ1v) is 7.25. The van der Waals surface area contributed by atoms with Crippen LogP contribution in [0.3, 0.4) is 0 Å². The van der Waals surface area contributed by atoms with E-state index in [1.165, 1.54) is 43.5 Å². The SMILES string of the molecule is CN1CC(c2ccc(C3(N)CCCCC3)cc2)C1. The van der Waals surface area contributed by atoms with Gasteiger partial charge in [0.05, 0.1) is 0 Å². The lowest BCUT2D eigenvalue weighted by molar-refractivity contribution is 0.189. The molecule has 1 aliphatic carbocycles. The topological polar surface area (TPSA) is 29.3 Å². The normalized spacial score (nSPS) is 24.8. The summed E-state index contributed by atoms with van der Waals surface area (Å²) in [6.07, 6.45) is 6.22. The molecule has 2 N–H and O–H groups in total. The lowest BCUT2D eigenvalue weighted by atomic mass is 9.77. The minimum absolute atomic E-state index is 0.0484. The Hall–Kier alpha value is -0.860. The Morgan fingerprint density at radius 2 is 1.67 bits per heavy atom. The molecule has 1 saturated heterocycles. The first kappa shape index (κ1) is 12.2. The number of nitrogens with zero attached hydrogens (tertiary/aromatic N) is 1. The van der Waals surface area contributed by atoms with Crippen LogP contribution in [0.1, 0.15) is 49.1 Å². The van der Waals surface area contributed by atoms with Crippen molar-refractivity contribution in [1.29, 1.82) is 0 Å². The molecule has 0 atom stereocenters.